The highest BCUT2D eigenvalue weighted by Gasteiger charge is 2.30. The Morgan fingerprint density at radius 2 is 1.80 bits per heavy atom. The van der Waals surface area contributed by atoms with Gasteiger partial charge in [0.1, 0.15) is 0 Å². The summed E-state index contributed by atoms with van der Waals surface area (Å²) >= 11 is 1.47. The number of rotatable bonds is 6. The number of hydrogen-bond donors (Lipinski definition) is 1. The van der Waals surface area contributed by atoms with Crippen LogP contribution in [0, 0.1) is 11.3 Å². The van der Waals surface area contributed by atoms with Gasteiger partial charge in [-0.1, -0.05) is 36.4 Å². The summed E-state index contributed by atoms with van der Waals surface area (Å²) in [6.07, 6.45) is 0.142. The molecule has 0 saturated carbocycles. The van der Waals surface area contributed by atoms with Gasteiger partial charge in [0.15, 0.2) is 6.61 Å². The second kappa shape index (κ2) is 10.9. The topological polar surface area (TPSA) is 99.5 Å². The molecule has 176 valence electrons. The van der Waals surface area contributed by atoms with Crippen LogP contribution >= 0.6 is 11.8 Å². The van der Waals surface area contributed by atoms with Crippen molar-refractivity contribution in [1.29, 1.82) is 5.26 Å². The number of anilines is 2. The normalized spacial score (nSPS) is 14.8. The zero-order valence-corrected chi connectivity index (χ0v) is 19.9. The van der Waals surface area contributed by atoms with Crippen LogP contribution in [0.25, 0.3) is 0 Å². The number of fused-ring (bicyclic) bond motifs is 1. The second-order valence-electron chi connectivity index (χ2n) is 8.05. The molecule has 3 aromatic carbocycles. The summed E-state index contributed by atoms with van der Waals surface area (Å²) in [5, 5.41) is 11.8. The highest BCUT2D eigenvalue weighted by Crippen LogP contribution is 2.31. The van der Waals surface area contributed by atoms with Crippen LogP contribution in [0.5, 0.6) is 0 Å². The molecular weight excluding hydrogens is 462 g/mol. The summed E-state index contributed by atoms with van der Waals surface area (Å²) in [5.41, 5.74) is 3.11. The summed E-state index contributed by atoms with van der Waals surface area (Å²) < 4.78 is 5.41. The third-order valence-electron chi connectivity index (χ3n) is 5.54. The number of amides is 2. The lowest BCUT2D eigenvalue weighted by atomic mass is 10.1. The van der Waals surface area contributed by atoms with E-state index in [1.165, 1.54) is 16.7 Å². The minimum atomic E-state index is -0.591. The van der Waals surface area contributed by atoms with E-state index >= 15 is 0 Å². The monoisotopic (exact) mass is 485 g/mol. The maximum Gasteiger partial charge on any atom is 0.339 e. The van der Waals surface area contributed by atoms with E-state index in [0.29, 0.717) is 28.3 Å². The summed E-state index contributed by atoms with van der Waals surface area (Å²) in [6, 6.07) is 23.1. The number of carbonyl (C=O) groups excluding carboxylic acids is 3. The molecular formula is C27H23N3O4S. The zero-order valence-electron chi connectivity index (χ0n) is 19.1. The average molecular weight is 486 g/mol. The second-order valence-corrected chi connectivity index (χ2v) is 9.07. The molecule has 2 amide bonds. The number of nitrogens with zero attached hydrogens (tertiary/aromatic N) is 2. The van der Waals surface area contributed by atoms with Gasteiger partial charge in [-0.3, -0.25) is 9.59 Å². The molecule has 8 heteroatoms. The van der Waals surface area contributed by atoms with Crippen molar-refractivity contribution in [2.75, 3.05) is 16.8 Å². The maximum absolute atomic E-state index is 13.1. The predicted molar refractivity (Wildman–Crippen MR) is 134 cm³/mol. The molecule has 4 rings (SSSR count). The standard InChI is InChI=1S/C27H23N3O4S/c1-18-14-25(31)29-22-7-3-4-8-23(22)30(18)26(32)16-34-27(33)21-6-2-5-9-24(21)35-17-20-12-10-19(15-28)11-13-20/h2-13,18H,14,16-17H2,1H3,(H,29,31). The van der Waals surface area contributed by atoms with E-state index in [1.807, 2.05) is 24.3 Å². The number of ether oxygens (including phenoxy) is 1. The summed E-state index contributed by atoms with van der Waals surface area (Å²) in [7, 11) is 0. The fraction of sp³-hybridized carbons (Fsp3) is 0.185. The largest absolute Gasteiger partial charge is 0.452 e. The van der Waals surface area contributed by atoms with E-state index in [1.54, 1.807) is 55.5 Å². The predicted octanol–water partition coefficient (Wildman–Crippen LogP) is 4.77. The highest BCUT2D eigenvalue weighted by molar-refractivity contribution is 7.98. The van der Waals surface area contributed by atoms with Crippen LogP contribution in [-0.2, 0) is 20.1 Å². The lowest BCUT2D eigenvalue weighted by molar-refractivity contribution is -0.122. The molecule has 1 aliphatic heterocycles. The van der Waals surface area contributed by atoms with Crippen molar-refractivity contribution in [3.63, 3.8) is 0 Å². The van der Waals surface area contributed by atoms with Crippen LogP contribution in [0.15, 0.2) is 77.7 Å². The van der Waals surface area contributed by atoms with Crippen LogP contribution in [0.4, 0.5) is 11.4 Å². The highest BCUT2D eigenvalue weighted by atomic mass is 32.2. The van der Waals surface area contributed by atoms with Crippen molar-refractivity contribution in [2.24, 2.45) is 0 Å². The van der Waals surface area contributed by atoms with Crippen molar-refractivity contribution < 1.29 is 19.1 Å². The third-order valence-corrected chi connectivity index (χ3v) is 6.68. The fourth-order valence-corrected chi connectivity index (χ4v) is 4.84. The Balaban J connectivity index is 1.44. The lowest BCUT2D eigenvalue weighted by Gasteiger charge is -2.27. The molecule has 0 aromatic heterocycles. The van der Waals surface area contributed by atoms with Crippen LogP contribution < -0.4 is 10.2 Å². The number of thioether (sulfide) groups is 1. The van der Waals surface area contributed by atoms with E-state index < -0.39 is 18.5 Å². The molecule has 0 bridgehead atoms. The number of hydrogen-bond acceptors (Lipinski definition) is 6. The van der Waals surface area contributed by atoms with Gasteiger partial charge in [0.25, 0.3) is 5.91 Å². The van der Waals surface area contributed by atoms with Crippen molar-refractivity contribution in [1.82, 2.24) is 0 Å². The Bertz CT molecular complexity index is 1300. The molecule has 0 saturated heterocycles. The first-order valence-electron chi connectivity index (χ1n) is 11.0. The average Bonchev–Trinajstić information content (AvgIpc) is 3.00. The van der Waals surface area contributed by atoms with Gasteiger partial charge in [0.2, 0.25) is 5.91 Å². The first-order valence-corrected chi connectivity index (χ1v) is 12.0. The van der Waals surface area contributed by atoms with E-state index in [0.717, 1.165) is 10.5 Å². The number of benzene rings is 3. The first kappa shape index (κ1) is 24.0. The smallest absolute Gasteiger partial charge is 0.339 e. The number of para-hydroxylation sites is 2. The third kappa shape index (κ3) is 5.70. The van der Waals surface area contributed by atoms with Gasteiger partial charge in [-0.2, -0.15) is 5.26 Å². The molecule has 0 aliphatic carbocycles. The zero-order chi connectivity index (χ0) is 24.8. The van der Waals surface area contributed by atoms with Crippen LogP contribution in [0.3, 0.4) is 0 Å². The van der Waals surface area contributed by atoms with Gasteiger partial charge in [0, 0.05) is 23.1 Å². The number of nitriles is 1. The quantitative estimate of drug-likeness (QED) is 0.399. The van der Waals surface area contributed by atoms with Gasteiger partial charge in [-0.05, 0) is 48.9 Å². The molecule has 1 unspecified atom stereocenters. The molecule has 1 aliphatic rings. The van der Waals surface area contributed by atoms with E-state index in [9.17, 15) is 14.4 Å². The Morgan fingerprint density at radius 3 is 2.57 bits per heavy atom. The summed E-state index contributed by atoms with van der Waals surface area (Å²) in [4.78, 5) is 40.4. The molecule has 0 spiro atoms. The van der Waals surface area contributed by atoms with Gasteiger partial charge >= 0.3 is 5.97 Å². The van der Waals surface area contributed by atoms with E-state index in [-0.39, 0.29) is 18.4 Å². The van der Waals surface area contributed by atoms with Gasteiger partial charge < -0.3 is 15.0 Å². The Hall–Kier alpha value is -4.09. The molecule has 0 radical (unpaired) electrons. The van der Waals surface area contributed by atoms with Crippen molar-refractivity contribution in [3.8, 4) is 6.07 Å². The van der Waals surface area contributed by atoms with Crippen molar-refractivity contribution >= 4 is 40.9 Å². The Morgan fingerprint density at radius 1 is 1.09 bits per heavy atom. The lowest BCUT2D eigenvalue weighted by Crippen LogP contribution is -2.41. The molecule has 1 heterocycles. The number of carbonyl (C=O) groups is 3. The molecule has 35 heavy (non-hydrogen) atoms. The minimum Gasteiger partial charge on any atom is -0.452 e. The first-order chi connectivity index (χ1) is 17.0. The van der Waals surface area contributed by atoms with Crippen LogP contribution in [0.2, 0.25) is 0 Å². The number of esters is 1. The maximum atomic E-state index is 13.1. The van der Waals surface area contributed by atoms with Crippen LogP contribution in [-0.4, -0.2) is 30.4 Å². The van der Waals surface area contributed by atoms with Gasteiger partial charge in [-0.25, -0.2) is 4.79 Å². The Labute approximate surface area is 207 Å². The van der Waals surface area contributed by atoms with E-state index in [4.69, 9.17) is 10.00 Å². The number of nitrogens with one attached hydrogen (secondary N) is 1. The minimum absolute atomic E-state index is 0.142. The van der Waals surface area contributed by atoms with Crippen molar-refractivity contribution in [2.45, 2.75) is 30.0 Å². The molecule has 7 nitrogen and oxygen atoms in total. The van der Waals surface area contributed by atoms with Crippen LogP contribution in [0.1, 0.15) is 34.8 Å². The van der Waals surface area contributed by atoms with Crippen molar-refractivity contribution in [3.05, 3.63) is 89.5 Å². The fourth-order valence-electron chi connectivity index (χ4n) is 3.84. The molecule has 3 aromatic rings. The Kier molecular flexibility index (Phi) is 7.48. The molecule has 0 fully saturated rings. The summed E-state index contributed by atoms with van der Waals surface area (Å²) in [5.74, 6) is -0.563. The summed E-state index contributed by atoms with van der Waals surface area (Å²) in [6.45, 7) is 1.34. The van der Waals surface area contributed by atoms with E-state index in [2.05, 4.69) is 11.4 Å². The van der Waals surface area contributed by atoms with Gasteiger partial charge in [0.05, 0.1) is 28.6 Å². The SMILES string of the molecule is CC1CC(=O)Nc2ccccc2N1C(=O)COC(=O)c1ccccc1SCc1ccc(C#N)cc1. The van der Waals surface area contributed by atoms with Gasteiger partial charge in [-0.15, -0.1) is 11.8 Å². The molecule has 1 N–H and O–H groups in total. The molecule has 1 atom stereocenters.